The number of methoxy groups -OCH3 is 1. The Morgan fingerprint density at radius 2 is 1.24 bits per heavy atom. The van der Waals surface area contributed by atoms with Crippen molar-refractivity contribution in [3.8, 4) is 0 Å². The molecule has 0 aliphatic heterocycles. The number of carboxylic acids is 1. The van der Waals surface area contributed by atoms with Gasteiger partial charge in [0.2, 0.25) is 0 Å². The van der Waals surface area contributed by atoms with E-state index in [-0.39, 0.29) is 12.4 Å². The van der Waals surface area contributed by atoms with E-state index in [1.54, 1.807) is 0 Å². The SMILES string of the molecule is CCCCCCCCCCCCCN(CCC(=O)O)CCC(=O)OC. The molecule has 0 fully saturated rings. The molecule has 0 aliphatic carbocycles. The summed E-state index contributed by atoms with van der Waals surface area (Å²) in [5, 5.41) is 8.83. The third-order valence-corrected chi connectivity index (χ3v) is 4.58. The highest BCUT2D eigenvalue weighted by molar-refractivity contribution is 5.69. The van der Waals surface area contributed by atoms with E-state index in [1.165, 1.54) is 71.3 Å². The standard InChI is InChI=1S/C20H39NO4/c1-3-4-5-6-7-8-9-10-11-12-13-16-21(17-14-19(22)23)18-15-20(24)25-2/h3-18H2,1-2H3,(H,22,23). The molecular formula is C20H39NO4. The minimum Gasteiger partial charge on any atom is -0.481 e. The maximum atomic E-state index is 11.2. The van der Waals surface area contributed by atoms with Crippen LogP contribution >= 0.6 is 0 Å². The summed E-state index contributed by atoms with van der Waals surface area (Å²) in [5.74, 6) is -1.03. The molecule has 0 atom stereocenters. The van der Waals surface area contributed by atoms with E-state index in [2.05, 4.69) is 16.6 Å². The van der Waals surface area contributed by atoms with E-state index in [0.29, 0.717) is 19.5 Å². The number of esters is 1. The molecule has 0 heterocycles. The quantitative estimate of drug-likeness (QED) is 0.286. The number of carbonyl (C=O) groups excluding carboxylic acids is 1. The lowest BCUT2D eigenvalue weighted by Crippen LogP contribution is -2.30. The van der Waals surface area contributed by atoms with Crippen LogP contribution in [-0.4, -0.2) is 48.7 Å². The summed E-state index contributed by atoms with van der Waals surface area (Å²) in [6.07, 6.45) is 14.7. The highest BCUT2D eigenvalue weighted by Gasteiger charge is 2.10. The third kappa shape index (κ3) is 17.5. The third-order valence-electron chi connectivity index (χ3n) is 4.58. The van der Waals surface area contributed by atoms with Gasteiger partial charge in [0.25, 0.3) is 0 Å². The molecule has 0 saturated heterocycles. The molecule has 1 N–H and O–H groups in total. The number of unbranched alkanes of at least 4 members (excludes halogenated alkanes) is 10. The van der Waals surface area contributed by atoms with Gasteiger partial charge in [-0.1, -0.05) is 71.1 Å². The Kier molecular flexibility index (Phi) is 16.9. The lowest BCUT2D eigenvalue weighted by molar-refractivity contribution is -0.141. The van der Waals surface area contributed by atoms with Crippen LogP contribution in [0.25, 0.3) is 0 Å². The molecule has 0 aromatic rings. The summed E-state index contributed by atoms with van der Waals surface area (Å²) in [4.78, 5) is 24.1. The van der Waals surface area contributed by atoms with E-state index in [1.807, 2.05) is 0 Å². The van der Waals surface area contributed by atoms with Crippen molar-refractivity contribution in [2.45, 2.75) is 90.4 Å². The fourth-order valence-corrected chi connectivity index (χ4v) is 2.94. The highest BCUT2D eigenvalue weighted by atomic mass is 16.5. The minimum absolute atomic E-state index is 0.124. The summed E-state index contributed by atoms with van der Waals surface area (Å²) < 4.78 is 4.66. The Morgan fingerprint density at radius 1 is 0.760 bits per heavy atom. The van der Waals surface area contributed by atoms with Crippen LogP contribution in [0.5, 0.6) is 0 Å². The number of carbonyl (C=O) groups is 2. The van der Waals surface area contributed by atoms with Crippen LogP contribution in [0, 0.1) is 0 Å². The maximum Gasteiger partial charge on any atom is 0.306 e. The topological polar surface area (TPSA) is 66.8 Å². The van der Waals surface area contributed by atoms with Crippen LogP contribution in [0.3, 0.4) is 0 Å². The van der Waals surface area contributed by atoms with Crippen molar-refractivity contribution in [3.63, 3.8) is 0 Å². The number of hydrogen-bond donors (Lipinski definition) is 1. The van der Waals surface area contributed by atoms with Crippen molar-refractivity contribution in [1.29, 1.82) is 0 Å². The average Bonchev–Trinajstić information content (AvgIpc) is 2.60. The molecule has 0 spiro atoms. The summed E-state index contributed by atoms with van der Waals surface area (Å²) >= 11 is 0. The Morgan fingerprint density at radius 3 is 1.72 bits per heavy atom. The predicted molar refractivity (Wildman–Crippen MR) is 102 cm³/mol. The summed E-state index contributed by atoms with van der Waals surface area (Å²) in [7, 11) is 1.38. The molecule has 0 aliphatic rings. The van der Waals surface area contributed by atoms with Gasteiger partial charge in [0.15, 0.2) is 0 Å². The van der Waals surface area contributed by atoms with E-state index < -0.39 is 5.97 Å². The predicted octanol–water partition coefficient (Wildman–Crippen LogP) is 4.64. The van der Waals surface area contributed by atoms with E-state index >= 15 is 0 Å². The molecular weight excluding hydrogens is 318 g/mol. The van der Waals surface area contributed by atoms with Crippen molar-refractivity contribution < 1.29 is 19.4 Å². The van der Waals surface area contributed by atoms with Crippen LogP contribution in [0.4, 0.5) is 0 Å². The maximum absolute atomic E-state index is 11.2. The van der Waals surface area contributed by atoms with Crippen LogP contribution < -0.4 is 0 Å². The monoisotopic (exact) mass is 357 g/mol. The molecule has 0 unspecified atom stereocenters. The summed E-state index contributed by atoms with van der Waals surface area (Å²) in [6, 6.07) is 0. The van der Waals surface area contributed by atoms with Gasteiger partial charge in [-0.15, -0.1) is 0 Å². The number of carboxylic acid groups (broad SMARTS) is 1. The molecule has 0 aromatic heterocycles. The van der Waals surface area contributed by atoms with Crippen molar-refractivity contribution in [1.82, 2.24) is 4.90 Å². The normalized spacial score (nSPS) is 11.0. The first-order valence-corrected chi connectivity index (χ1v) is 10.1. The summed E-state index contributed by atoms with van der Waals surface area (Å²) in [6.45, 7) is 4.20. The van der Waals surface area contributed by atoms with Crippen molar-refractivity contribution >= 4 is 11.9 Å². The van der Waals surface area contributed by atoms with Gasteiger partial charge in [-0.3, -0.25) is 9.59 Å². The molecule has 0 radical (unpaired) electrons. The zero-order valence-electron chi connectivity index (χ0n) is 16.4. The second-order valence-electron chi connectivity index (χ2n) is 6.85. The molecule has 0 rings (SSSR count). The second kappa shape index (κ2) is 17.7. The van der Waals surface area contributed by atoms with Gasteiger partial charge in [0.1, 0.15) is 0 Å². The van der Waals surface area contributed by atoms with Gasteiger partial charge in [-0.05, 0) is 13.0 Å². The number of aliphatic carboxylic acids is 1. The van der Waals surface area contributed by atoms with Crippen LogP contribution in [0.15, 0.2) is 0 Å². The van der Waals surface area contributed by atoms with Crippen molar-refractivity contribution in [2.24, 2.45) is 0 Å². The molecule has 25 heavy (non-hydrogen) atoms. The highest BCUT2D eigenvalue weighted by Crippen LogP contribution is 2.11. The Bertz CT molecular complexity index is 334. The Hall–Kier alpha value is -1.10. The number of rotatable bonds is 18. The molecule has 148 valence electrons. The fraction of sp³-hybridized carbons (Fsp3) is 0.900. The zero-order valence-corrected chi connectivity index (χ0v) is 16.4. The van der Waals surface area contributed by atoms with Gasteiger partial charge >= 0.3 is 11.9 Å². The minimum atomic E-state index is -0.790. The van der Waals surface area contributed by atoms with E-state index in [4.69, 9.17) is 5.11 Å². The second-order valence-corrected chi connectivity index (χ2v) is 6.85. The molecule has 5 heteroatoms. The van der Waals surface area contributed by atoms with Gasteiger partial charge in [-0.2, -0.15) is 0 Å². The number of ether oxygens (including phenoxy) is 1. The Labute approximate surface area is 154 Å². The molecule has 0 amide bonds. The van der Waals surface area contributed by atoms with Gasteiger partial charge < -0.3 is 14.7 Å². The van der Waals surface area contributed by atoms with Crippen LogP contribution in [-0.2, 0) is 14.3 Å². The van der Waals surface area contributed by atoms with Gasteiger partial charge in [0.05, 0.1) is 20.0 Å². The molecule has 0 aromatic carbocycles. The van der Waals surface area contributed by atoms with Crippen LogP contribution in [0.2, 0.25) is 0 Å². The van der Waals surface area contributed by atoms with E-state index in [0.717, 1.165) is 13.0 Å². The first kappa shape index (κ1) is 23.9. The lowest BCUT2D eigenvalue weighted by atomic mass is 10.1. The largest absolute Gasteiger partial charge is 0.481 e. The average molecular weight is 358 g/mol. The van der Waals surface area contributed by atoms with Crippen LogP contribution in [0.1, 0.15) is 90.4 Å². The van der Waals surface area contributed by atoms with Crippen molar-refractivity contribution in [2.75, 3.05) is 26.7 Å². The van der Waals surface area contributed by atoms with Gasteiger partial charge in [0, 0.05) is 13.1 Å². The zero-order chi connectivity index (χ0) is 18.8. The molecule has 5 nitrogen and oxygen atoms in total. The smallest absolute Gasteiger partial charge is 0.306 e. The number of hydrogen-bond acceptors (Lipinski definition) is 4. The lowest BCUT2D eigenvalue weighted by Gasteiger charge is -2.20. The van der Waals surface area contributed by atoms with Crippen molar-refractivity contribution in [3.05, 3.63) is 0 Å². The molecule has 0 saturated carbocycles. The first-order valence-electron chi connectivity index (χ1n) is 10.1. The fourth-order valence-electron chi connectivity index (χ4n) is 2.94. The molecule has 0 bridgehead atoms. The first-order chi connectivity index (χ1) is 12.1. The summed E-state index contributed by atoms with van der Waals surface area (Å²) in [5.41, 5.74) is 0. The van der Waals surface area contributed by atoms with Gasteiger partial charge in [-0.25, -0.2) is 0 Å². The Balaban J connectivity index is 3.64. The van der Waals surface area contributed by atoms with E-state index in [9.17, 15) is 9.59 Å². The number of nitrogens with zero attached hydrogens (tertiary/aromatic N) is 1.